The number of carbonyl (C=O) groups is 3. The predicted octanol–water partition coefficient (Wildman–Crippen LogP) is 1.82. The third kappa shape index (κ3) is 3.85. The maximum atomic E-state index is 12.3. The number of thiophene rings is 1. The normalized spacial score (nSPS) is 15.9. The summed E-state index contributed by atoms with van der Waals surface area (Å²) in [7, 11) is 0. The van der Waals surface area contributed by atoms with E-state index in [0.29, 0.717) is 18.0 Å². The molecule has 1 aromatic heterocycles. The summed E-state index contributed by atoms with van der Waals surface area (Å²) in [6, 6.07) is 3.12. The standard InChI is InChI=1S/C15H20N2O4S/c1-9(2)13(18)16-10-5-7-17(8-6-10)14(19)11-3-4-12(22-11)15(20)21/h3-4,9-10H,5-8H2,1-2H3,(H,16,18)(H,20,21). The van der Waals surface area contributed by atoms with Crippen LogP contribution in [-0.4, -0.2) is 46.9 Å². The molecule has 2 amide bonds. The van der Waals surface area contributed by atoms with Gasteiger partial charge in [0.1, 0.15) is 4.88 Å². The molecule has 2 heterocycles. The van der Waals surface area contributed by atoms with Crippen molar-refractivity contribution >= 4 is 29.1 Å². The number of piperidine rings is 1. The highest BCUT2D eigenvalue weighted by molar-refractivity contribution is 7.15. The zero-order valence-electron chi connectivity index (χ0n) is 12.7. The van der Waals surface area contributed by atoms with Crippen molar-refractivity contribution in [2.24, 2.45) is 5.92 Å². The van der Waals surface area contributed by atoms with Gasteiger partial charge in [-0.05, 0) is 25.0 Å². The topological polar surface area (TPSA) is 86.7 Å². The van der Waals surface area contributed by atoms with Crippen molar-refractivity contribution in [3.8, 4) is 0 Å². The van der Waals surface area contributed by atoms with Crippen molar-refractivity contribution in [1.82, 2.24) is 10.2 Å². The molecule has 7 heteroatoms. The molecule has 0 saturated carbocycles. The zero-order valence-corrected chi connectivity index (χ0v) is 13.5. The Morgan fingerprint density at radius 2 is 1.82 bits per heavy atom. The first kappa shape index (κ1) is 16.5. The summed E-state index contributed by atoms with van der Waals surface area (Å²) < 4.78 is 0. The number of carboxylic acids is 1. The minimum absolute atomic E-state index is 0.0362. The third-order valence-electron chi connectivity index (χ3n) is 3.68. The van der Waals surface area contributed by atoms with Crippen LogP contribution in [0.3, 0.4) is 0 Å². The van der Waals surface area contributed by atoms with Gasteiger partial charge in [0.15, 0.2) is 0 Å². The van der Waals surface area contributed by atoms with E-state index in [1.165, 1.54) is 6.07 Å². The van der Waals surface area contributed by atoms with E-state index >= 15 is 0 Å². The minimum atomic E-state index is -1.01. The molecule has 2 N–H and O–H groups in total. The van der Waals surface area contributed by atoms with E-state index in [0.717, 1.165) is 24.2 Å². The highest BCUT2D eigenvalue weighted by Crippen LogP contribution is 2.21. The summed E-state index contributed by atoms with van der Waals surface area (Å²) in [6.07, 6.45) is 1.45. The fourth-order valence-electron chi connectivity index (χ4n) is 2.32. The van der Waals surface area contributed by atoms with Crippen molar-refractivity contribution in [1.29, 1.82) is 0 Å². The lowest BCUT2D eigenvalue weighted by atomic mass is 10.0. The van der Waals surface area contributed by atoms with Gasteiger partial charge in [-0.1, -0.05) is 13.8 Å². The molecule has 1 aliphatic heterocycles. The number of hydrogen-bond acceptors (Lipinski definition) is 4. The number of nitrogens with one attached hydrogen (secondary N) is 1. The van der Waals surface area contributed by atoms with Gasteiger partial charge in [-0.2, -0.15) is 0 Å². The van der Waals surface area contributed by atoms with Gasteiger partial charge in [-0.3, -0.25) is 9.59 Å². The Hall–Kier alpha value is -1.89. The summed E-state index contributed by atoms with van der Waals surface area (Å²) in [6.45, 7) is 4.85. The smallest absolute Gasteiger partial charge is 0.345 e. The molecule has 0 radical (unpaired) electrons. The number of hydrogen-bond donors (Lipinski definition) is 2. The van der Waals surface area contributed by atoms with Gasteiger partial charge in [0.05, 0.1) is 4.88 Å². The summed E-state index contributed by atoms with van der Waals surface area (Å²) in [4.78, 5) is 37.2. The molecule has 1 aromatic rings. The van der Waals surface area contributed by atoms with Crippen LogP contribution in [0.15, 0.2) is 12.1 Å². The molecule has 2 rings (SSSR count). The average Bonchev–Trinajstić information content (AvgIpc) is 2.97. The number of carbonyl (C=O) groups excluding carboxylic acids is 2. The van der Waals surface area contributed by atoms with E-state index in [-0.39, 0.29) is 28.7 Å². The molecule has 0 spiro atoms. The Kier molecular flexibility index (Phi) is 5.18. The predicted molar refractivity (Wildman–Crippen MR) is 83.2 cm³/mol. The van der Waals surface area contributed by atoms with Crippen LogP contribution in [-0.2, 0) is 4.79 Å². The van der Waals surface area contributed by atoms with Crippen LogP contribution >= 0.6 is 11.3 Å². The highest BCUT2D eigenvalue weighted by Gasteiger charge is 2.26. The molecule has 1 saturated heterocycles. The van der Waals surface area contributed by atoms with Gasteiger partial charge < -0.3 is 15.3 Å². The van der Waals surface area contributed by atoms with Crippen LogP contribution in [0.4, 0.5) is 0 Å². The van der Waals surface area contributed by atoms with E-state index in [2.05, 4.69) is 5.32 Å². The van der Waals surface area contributed by atoms with Crippen molar-refractivity contribution < 1.29 is 19.5 Å². The molecule has 1 aliphatic rings. The summed E-state index contributed by atoms with van der Waals surface area (Å²) in [5, 5.41) is 11.9. The van der Waals surface area contributed by atoms with Crippen LogP contribution in [0.1, 0.15) is 46.0 Å². The quantitative estimate of drug-likeness (QED) is 0.884. The lowest BCUT2D eigenvalue weighted by molar-refractivity contribution is -0.124. The molecular weight excluding hydrogens is 304 g/mol. The number of likely N-dealkylation sites (tertiary alicyclic amines) is 1. The lowest BCUT2D eigenvalue weighted by Crippen LogP contribution is -2.47. The Morgan fingerprint density at radius 3 is 2.32 bits per heavy atom. The number of carboxylic acid groups (broad SMARTS) is 1. The largest absolute Gasteiger partial charge is 0.477 e. The second-order valence-corrected chi connectivity index (χ2v) is 6.78. The number of aromatic carboxylic acids is 1. The van der Waals surface area contributed by atoms with E-state index in [4.69, 9.17) is 5.11 Å². The molecule has 0 bridgehead atoms. The van der Waals surface area contributed by atoms with Gasteiger partial charge in [-0.15, -0.1) is 11.3 Å². The number of amides is 2. The molecule has 1 fully saturated rings. The van der Waals surface area contributed by atoms with Crippen LogP contribution in [0.5, 0.6) is 0 Å². The molecule has 22 heavy (non-hydrogen) atoms. The van der Waals surface area contributed by atoms with E-state index in [1.807, 2.05) is 13.8 Å². The molecular formula is C15H20N2O4S. The lowest BCUT2D eigenvalue weighted by Gasteiger charge is -2.32. The van der Waals surface area contributed by atoms with Gasteiger partial charge in [0.25, 0.3) is 5.91 Å². The molecule has 0 unspecified atom stereocenters. The van der Waals surface area contributed by atoms with Crippen LogP contribution < -0.4 is 5.32 Å². The van der Waals surface area contributed by atoms with E-state index < -0.39 is 5.97 Å². The summed E-state index contributed by atoms with van der Waals surface area (Å²) in [5.41, 5.74) is 0. The SMILES string of the molecule is CC(C)C(=O)NC1CCN(C(=O)c2ccc(C(=O)O)s2)CC1. The molecule has 0 aromatic carbocycles. The third-order valence-corrected chi connectivity index (χ3v) is 4.74. The Bertz CT molecular complexity index is 574. The van der Waals surface area contributed by atoms with Crippen molar-refractivity contribution in [3.63, 3.8) is 0 Å². The van der Waals surface area contributed by atoms with Crippen LogP contribution in [0, 0.1) is 5.92 Å². The van der Waals surface area contributed by atoms with Crippen LogP contribution in [0.25, 0.3) is 0 Å². The van der Waals surface area contributed by atoms with Crippen LogP contribution in [0.2, 0.25) is 0 Å². The number of nitrogens with zero attached hydrogens (tertiary/aromatic N) is 1. The van der Waals surface area contributed by atoms with Crippen molar-refractivity contribution in [2.45, 2.75) is 32.7 Å². The van der Waals surface area contributed by atoms with Gasteiger partial charge >= 0.3 is 5.97 Å². The molecule has 120 valence electrons. The maximum Gasteiger partial charge on any atom is 0.345 e. The Balaban J connectivity index is 1.89. The van der Waals surface area contributed by atoms with Gasteiger partial charge in [-0.25, -0.2) is 4.79 Å². The zero-order chi connectivity index (χ0) is 16.3. The first-order valence-electron chi connectivity index (χ1n) is 7.31. The highest BCUT2D eigenvalue weighted by atomic mass is 32.1. The van der Waals surface area contributed by atoms with Crippen molar-refractivity contribution in [3.05, 3.63) is 21.9 Å². The first-order valence-corrected chi connectivity index (χ1v) is 8.13. The summed E-state index contributed by atoms with van der Waals surface area (Å²) >= 11 is 0.998. The Morgan fingerprint density at radius 1 is 1.23 bits per heavy atom. The summed E-state index contributed by atoms with van der Waals surface area (Å²) in [5.74, 6) is -1.15. The monoisotopic (exact) mass is 324 g/mol. The van der Waals surface area contributed by atoms with Gasteiger partial charge in [0, 0.05) is 25.0 Å². The maximum absolute atomic E-state index is 12.3. The second kappa shape index (κ2) is 6.91. The molecule has 6 nitrogen and oxygen atoms in total. The first-order chi connectivity index (χ1) is 10.4. The molecule has 0 atom stereocenters. The number of rotatable bonds is 4. The fraction of sp³-hybridized carbons (Fsp3) is 0.533. The Labute approximate surface area is 133 Å². The van der Waals surface area contributed by atoms with Crippen molar-refractivity contribution in [2.75, 3.05) is 13.1 Å². The fourth-order valence-corrected chi connectivity index (χ4v) is 3.13. The molecule has 0 aliphatic carbocycles. The van der Waals surface area contributed by atoms with E-state index in [1.54, 1.807) is 11.0 Å². The van der Waals surface area contributed by atoms with E-state index in [9.17, 15) is 14.4 Å². The second-order valence-electron chi connectivity index (χ2n) is 5.70. The average molecular weight is 324 g/mol. The minimum Gasteiger partial charge on any atom is -0.477 e. The van der Waals surface area contributed by atoms with Gasteiger partial charge in [0.2, 0.25) is 5.91 Å².